The predicted octanol–water partition coefficient (Wildman–Crippen LogP) is 0.0773. The van der Waals surface area contributed by atoms with E-state index in [1.807, 2.05) is 0 Å². The molecule has 12 fully saturated rings. The molecule has 6 amide bonds. The molecule has 0 radical (unpaired) electrons. The Morgan fingerprint density at radius 1 is 0.300 bits per heavy atom. The van der Waals surface area contributed by atoms with Crippen LogP contribution in [0.4, 0.5) is 4.79 Å². The van der Waals surface area contributed by atoms with Gasteiger partial charge >= 0.3 is 12.1 Å². The van der Waals surface area contributed by atoms with Crippen LogP contribution in [-0.2, 0) is 147 Å². The molecular formula is C71H112N6O33. The summed E-state index contributed by atoms with van der Waals surface area (Å²) < 4.78 is 154. The van der Waals surface area contributed by atoms with Gasteiger partial charge in [0.05, 0.1) is 42.7 Å². The van der Waals surface area contributed by atoms with Crippen LogP contribution in [0.2, 0.25) is 0 Å². The third-order valence-electron chi connectivity index (χ3n) is 21.0. The van der Waals surface area contributed by atoms with Gasteiger partial charge in [-0.05, 0) is 104 Å². The number of carboxylic acids is 1. The summed E-state index contributed by atoms with van der Waals surface area (Å²) in [6.07, 6.45) is -28.4. The first kappa shape index (κ1) is 84.5. The number of methoxy groups -OCH3 is 6. The molecule has 12 saturated heterocycles. The lowest BCUT2D eigenvalue weighted by atomic mass is 9.95. The zero-order valence-electron chi connectivity index (χ0n) is 66.1. The molecule has 624 valence electrons. The maximum Gasteiger partial charge on any atom is 0.407 e. The lowest BCUT2D eigenvalue weighted by molar-refractivity contribution is -0.221. The van der Waals surface area contributed by atoms with Crippen LogP contribution < -0.4 is 31.9 Å². The highest BCUT2D eigenvalue weighted by molar-refractivity contribution is 5.84. The predicted molar refractivity (Wildman–Crippen MR) is 365 cm³/mol. The lowest BCUT2D eigenvalue weighted by Gasteiger charge is -2.34. The van der Waals surface area contributed by atoms with E-state index in [-0.39, 0.29) is 0 Å². The molecule has 39 heteroatoms. The minimum absolute atomic E-state index is 0.504. The zero-order chi connectivity index (χ0) is 80.0. The van der Waals surface area contributed by atoms with Crippen LogP contribution in [0.25, 0.3) is 0 Å². The van der Waals surface area contributed by atoms with Crippen molar-refractivity contribution in [2.24, 2.45) is 0 Å². The minimum Gasteiger partial charge on any atom is -0.481 e. The molecule has 0 bridgehead atoms. The number of carbonyl (C=O) groups is 7. The summed E-state index contributed by atoms with van der Waals surface area (Å²) in [7, 11) is 8.43. The van der Waals surface area contributed by atoms with Crippen molar-refractivity contribution >= 4 is 41.6 Å². The summed E-state index contributed by atoms with van der Waals surface area (Å²) in [5.74, 6) is -11.8. The van der Waals surface area contributed by atoms with Crippen molar-refractivity contribution in [2.45, 2.75) is 367 Å². The number of fused-ring (bicyclic) bond motifs is 6. The molecule has 0 aromatic rings. The van der Waals surface area contributed by atoms with Gasteiger partial charge in [-0.25, -0.2) is 4.79 Å². The molecule has 0 aromatic heterocycles. The monoisotopic (exact) mass is 1580 g/mol. The second kappa shape index (κ2) is 32.3. The Morgan fingerprint density at radius 3 is 0.636 bits per heavy atom. The highest BCUT2D eigenvalue weighted by Gasteiger charge is 2.65. The maximum absolute atomic E-state index is 15.5. The molecule has 12 heterocycles. The molecule has 110 heavy (non-hydrogen) atoms. The summed E-state index contributed by atoms with van der Waals surface area (Å²) >= 11 is 0. The molecular weight excluding hydrogens is 1460 g/mol. The van der Waals surface area contributed by atoms with E-state index in [1.165, 1.54) is 42.7 Å². The Kier molecular flexibility index (Phi) is 24.8. The minimum atomic E-state index is -1.37. The van der Waals surface area contributed by atoms with Gasteiger partial charge < -0.3 is 155 Å². The number of nitrogens with one attached hydrogen (secondary N) is 6. The van der Waals surface area contributed by atoms with E-state index in [2.05, 4.69) is 31.9 Å². The molecule has 30 atom stereocenters. The Hall–Kier alpha value is -4.87. The average Bonchev–Trinajstić information content (AvgIpc) is 1.64. The van der Waals surface area contributed by atoms with Gasteiger partial charge in [-0.1, -0.05) is 0 Å². The summed E-state index contributed by atoms with van der Waals surface area (Å²) in [5, 5.41) is 27.7. The van der Waals surface area contributed by atoms with Crippen LogP contribution in [0.15, 0.2) is 0 Å². The van der Waals surface area contributed by atoms with E-state index in [0.717, 1.165) is 0 Å². The van der Waals surface area contributed by atoms with Gasteiger partial charge in [0.25, 0.3) is 0 Å². The number of aliphatic carboxylic acids is 1. The Morgan fingerprint density at radius 2 is 0.473 bits per heavy atom. The van der Waals surface area contributed by atoms with Crippen LogP contribution in [0.3, 0.4) is 0 Å². The Bertz CT molecular complexity index is 3320. The fourth-order valence-electron chi connectivity index (χ4n) is 17.0. The molecule has 39 nitrogen and oxygen atoms in total. The fourth-order valence-corrected chi connectivity index (χ4v) is 17.0. The molecule has 0 unspecified atom stereocenters. The first-order valence-electron chi connectivity index (χ1n) is 37.3. The number of hydrogen-bond acceptors (Lipinski definition) is 32. The normalized spacial score (nSPS) is 39.8. The SMILES string of the molecule is CO[C@@H]1[C@H]2OC(C)(C)O[C@H]2O[C@@H]1[C@H](CC(=O)O)NC(=O)C[C@H](NC(=O)C[C@H](NC(=O)C[C@H](NC(=O)C[C@H](NC(=O)C[C@H](NC(=O)OC(C)(C)C)[C@H]1O[C@@H]2OC(C)(C)O[C@@H]2[C@H]1OC)[C@H]1O[C@@H]2OC(C)(C)O[C@@H]2[C@H]1OC)[C@H]1O[C@@H]2OC(C)(C)O[C@@H]2[C@H]1OC)[C@H]1O[C@@H]2OC(C)(C)O[C@@H]2[C@H]1OC)[C@H]1O[C@@H]2OC(C)(C)O[C@@H]2[C@H]1OC. The largest absolute Gasteiger partial charge is 0.481 e. The molecule has 12 aliphatic heterocycles. The zero-order valence-corrected chi connectivity index (χ0v) is 66.1. The number of hydrogen-bond donors (Lipinski definition) is 7. The number of carboxylic acid groups (broad SMARTS) is 1. The molecule has 7 N–H and O–H groups in total. The van der Waals surface area contributed by atoms with E-state index in [9.17, 15) is 19.5 Å². The van der Waals surface area contributed by atoms with Crippen LogP contribution >= 0.6 is 0 Å². The topological polar surface area (TPSA) is 443 Å². The molecule has 0 aromatic carbocycles. The van der Waals surface area contributed by atoms with Crippen molar-refractivity contribution in [1.82, 2.24) is 31.9 Å². The summed E-state index contributed by atoms with van der Waals surface area (Å²) in [6, 6.07) is -7.77. The third kappa shape index (κ3) is 18.7. The van der Waals surface area contributed by atoms with Gasteiger partial charge in [-0.2, -0.15) is 0 Å². The van der Waals surface area contributed by atoms with Gasteiger partial charge in [0.2, 0.25) is 29.5 Å². The highest BCUT2D eigenvalue weighted by atomic mass is 16.9. The number of carbonyl (C=O) groups excluding carboxylic acids is 6. The van der Waals surface area contributed by atoms with Crippen molar-refractivity contribution in [3.8, 4) is 0 Å². The first-order valence-corrected chi connectivity index (χ1v) is 37.3. The Balaban J connectivity index is 0.824. The molecule has 0 spiro atoms. The van der Waals surface area contributed by atoms with Crippen LogP contribution in [0, 0.1) is 0 Å². The van der Waals surface area contributed by atoms with E-state index in [0.29, 0.717) is 0 Å². The van der Waals surface area contributed by atoms with Gasteiger partial charge in [0, 0.05) is 74.8 Å². The number of rotatable bonds is 30. The molecule has 0 saturated carbocycles. The second-order valence-electron chi connectivity index (χ2n) is 33.4. The summed E-state index contributed by atoms with van der Waals surface area (Å²) in [6.45, 7) is 25.3. The van der Waals surface area contributed by atoms with E-state index in [1.54, 1.807) is 104 Å². The Labute approximate surface area is 637 Å². The van der Waals surface area contributed by atoms with Crippen molar-refractivity contribution in [3.05, 3.63) is 0 Å². The van der Waals surface area contributed by atoms with Gasteiger partial charge in [-0.15, -0.1) is 0 Å². The van der Waals surface area contributed by atoms with Crippen molar-refractivity contribution in [3.63, 3.8) is 0 Å². The summed E-state index contributed by atoms with van der Waals surface area (Å²) in [4.78, 5) is 102. The van der Waals surface area contributed by atoms with Gasteiger partial charge in [-0.3, -0.25) is 28.8 Å². The first-order chi connectivity index (χ1) is 51.4. The van der Waals surface area contributed by atoms with E-state index < -0.39 is 304 Å². The van der Waals surface area contributed by atoms with E-state index >= 15 is 19.2 Å². The van der Waals surface area contributed by atoms with Crippen LogP contribution in [-0.4, -0.2) is 314 Å². The average molecular weight is 1580 g/mol. The van der Waals surface area contributed by atoms with Crippen molar-refractivity contribution in [1.29, 1.82) is 0 Å². The highest BCUT2D eigenvalue weighted by Crippen LogP contribution is 2.47. The van der Waals surface area contributed by atoms with Crippen LogP contribution in [0.1, 0.15) is 142 Å². The summed E-state index contributed by atoms with van der Waals surface area (Å²) in [5.41, 5.74) is -0.964. The smallest absolute Gasteiger partial charge is 0.407 e. The van der Waals surface area contributed by atoms with Crippen molar-refractivity contribution < 1.29 is 157 Å². The lowest BCUT2D eigenvalue weighted by Crippen LogP contribution is -2.58. The molecule has 12 rings (SSSR count). The second-order valence-corrected chi connectivity index (χ2v) is 33.4. The quantitative estimate of drug-likeness (QED) is 0.0500. The molecule has 12 aliphatic rings. The molecule has 0 aliphatic carbocycles. The maximum atomic E-state index is 15.5. The number of amides is 6. The van der Waals surface area contributed by atoms with Gasteiger partial charge in [0.15, 0.2) is 72.5 Å². The number of ether oxygens (including phenoxy) is 25. The van der Waals surface area contributed by atoms with Crippen LogP contribution in [0.5, 0.6) is 0 Å². The number of alkyl carbamates (subject to hydrolysis) is 1. The fraction of sp³-hybridized carbons (Fsp3) is 0.901. The third-order valence-corrected chi connectivity index (χ3v) is 21.0. The van der Waals surface area contributed by atoms with Gasteiger partial charge in [0.1, 0.15) is 115 Å². The standard InChI is InChI=1S/C71H112N6O33/c1-65(2,3)110-64(85)77-32(44-50(90-20)56-62(96-44)108-70(12,13)102-56)26-38(82)75-30(42-48(88-18)54-60(94-42)106-68(8,9)100-54)24-36(80)73-28(40-46(86-16)52-58(92-40)104-66(4,5)98-52)22-34(78)72-29(41-47(87-17)53-59(93-41)105-67(6,7)99-53)23-35(79)74-31(43-49(89-19)55-61(95-43)107-69(10,11)101-55)25-37(81)76-33(27-39(83)84)45-51(91-21)57-63(97-45)109-71(14,15)103-57/h28-33,40-63H,22-27H2,1-21H3,(H,72,78)(H,73,80)(H,74,79)(H,75,82)(H,76,81)(H,77,85)(H,83,84)/t28-,29-,30-,31-,32-,33-,40+,41+,42+,43+,44+,45+,46-,47-,48-,49-,50-,51-,52+,53+,54+,55+,56+,57+,58+,59+,60+,61+,62+,63+/m0/s1. The van der Waals surface area contributed by atoms with Crippen molar-refractivity contribution in [2.75, 3.05) is 42.7 Å². The van der Waals surface area contributed by atoms with E-state index in [4.69, 9.17) is 118 Å².